The third kappa shape index (κ3) is 46.4. The standard InChI is InChI=1S/CH2O3.K.Mo/c2-1(3)4;;/h(H2,2,3,4);;/q;+1;+4/p-2. The molecular weight excluding hydrogens is 195 g/mol. The second-order valence-electron chi connectivity index (χ2n) is 0.250. The van der Waals surface area contributed by atoms with Gasteiger partial charge in [0.1, 0.15) is 0 Å². The summed E-state index contributed by atoms with van der Waals surface area (Å²) in [5, 5.41) is 16.7. The second-order valence-corrected chi connectivity index (χ2v) is 0.250. The van der Waals surface area contributed by atoms with E-state index in [1.54, 1.807) is 0 Å². The van der Waals surface area contributed by atoms with Gasteiger partial charge in [-0.1, -0.05) is 0 Å². The Morgan fingerprint density at radius 1 is 1.33 bits per heavy atom. The van der Waals surface area contributed by atoms with Crippen molar-refractivity contribution < 1.29 is 87.5 Å². The average molecular weight is 195 g/mol. The van der Waals surface area contributed by atoms with Crippen LogP contribution in [0, 0.1) is 0 Å². The zero-order valence-corrected chi connectivity index (χ0v) is 8.26. The van der Waals surface area contributed by atoms with Gasteiger partial charge in [0, 0.05) is 0 Å². The molecule has 0 rings (SSSR count). The van der Waals surface area contributed by atoms with Crippen molar-refractivity contribution in [1.82, 2.24) is 0 Å². The van der Waals surface area contributed by atoms with Crippen molar-refractivity contribution in [2.24, 2.45) is 0 Å². The van der Waals surface area contributed by atoms with E-state index in [9.17, 15) is 0 Å². The largest absolute Gasteiger partial charge is 4.00 e. The minimum absolute atomic E-state index is 0. The van der Waals surface area contributed by atoms with Crippen LogP contribution in [0.4, 0.5) is 4.79 Å². The molecule has 0 amide bonds. The number of rotatable bonds is 0. The van der Waals surface area contributed by atoms with Gasteiger partial charge in [0.15, 0.2) is 0 Å². The van der Waals surface area contributed by atoms with E-state index < -0.39 is 6.16 Å². The fourth-order valence-electron chi connectivity index (χ4n) is 0. The van der Waals surface area contributed by atoms with E-state index in [4.69, 9.17) is 15.0 Å². The van der Waals surface area contributed by atoms with Crippen LogP contribution < -0.4 is 61.6 Å². The molecule has 0 aliphatic heterocycles. The van der Waals surface area contributed by atoms with Crippen molar-refractivity contribution in [3.05, 3.63) is 0 Å². The Bertz CT molecular complexity index is 33.8. The summed E-state index contributed by atoms with van der Waals surface area (Å²) < 4.78 is 0. The van der Waals surface area contributed by atoms with Gasteiger partial charge in [-0.2, -0.15) is 0 Å². The van der Waals surface area contributed by atoms with Crippen molar-refractivity contribution in [2.45, 2.75) is 0 Å². The zero-order chi connectivity index (χ0) is 3.58. The Morgan fingerprint density at radius 2 is 1.33 bits per heavy atom. The van der Waals surface area contributed by atoms with E-state index in [1.165, 1.54) is 0 Å². The summed E-state index contributed by atoms with van der Waals surface area (Å²) in [4.78, 5) is 8.33. The van der Waals surface area contributed by atoms with E-state index in [-0.39, 0.29) is 72.4 Å². The molecule has 0 spiro atoms. The molecule has 0 heterocycles. The van der Waals surface area contributed by atoms with Crippen LogP contribution in [-0.4, -0.2) is 6.16 Å². The van der Waals surface area contributed by atoms with Crippen LogP contribution in [-0.2, 0) is 21.1 Å². The zero-order valence-electron chi connectivity index (χ0n) is 3.13. The molecule has 26 valence electrons. The normalized spacial score (nSPS) is 4.00. The van der Waals surface area contributed by atoms with Gasteiger partial charge in [0.25, 0.3) is 0 Å². The van der Waals surface area contributed by atoms with Gasteiger partial charge >= 0.3 is 72.4 Å². The minimum atomic E-state index is -2.33. The first-order valence-corrected chi connectivity index (χ1v) is 0.612. The molecule has 0 aliphatic rings. The molecule has 0 aromatic carbocycles. The summed E-state index contributed by atoms with van der Waals surface area (Å²) in [6.07, 6.45) is -2.33. The van der Waals surface area contributed by atoms with Crippen LogP contribution in [0.1, 0.15) is 0 Å². The fraction of sp³-hybridized carbons (Fsp3) is 0. The molecule has 0 aliphatic carbocycles. The number of hydrogen-bond donors (Lipinski definition) is 0. The monoisotopic (exact) mass is 197 g/mol. The van der Waals surface area contributed by atoms with Gasteiger partial charge in [-0.05, 0) is 6.16 Å². The van der Waals surface area contributed by atoms with E-state index in [1.807, 2.05) is 0 Å². The van der Waals surface area contributed by atoms with E-state index in [0.29, 0.717) is 0 Å². The minimum Gasteiger partial charge on any atom is -0.652 e. The Balaban J connectivity index is -0.0000000450. The van der Waals surface area contributed by atoms with Gasteiger partial charge < -0.3 is 15.0 Å². The van der Waals surface area contributed by atoms with E-state index in [0.717, 1.165) is 0 Å². The van der Waals surface area contributed by atoms with E-state index >= 15 is 0 Å². The Kier molecular flexibility index (Phi) is 25.5. The van der Waals surface area contributed by atoms with Gasteiger partial charge in [-0.15, -0.1) is 0 Å². The summed E-state index contributed by atoms with van der Waals surface area (Å²) in [7, 11) is 0. The van der Waals surface area contributed by atoms with E-state index in [2.05, 4.69) is 0 Å². The SMILES string of the molecule is O=C([O-])[O-].[K+].[Mo+4]. The second kappa shape index (κ2) is 9.78. The molecule has 0 saturated heterocycles. The predicted octanol–water partition coefficient (Wildman–Crippen LogP) is -5.45. The van der Waals surface area contributed by atoms with Crippen LogP contribution in [0.25, 0.3) is 0 Å². The topological polar surface area (TPSA) is 63.2 Å². The maximum Gasteiger partial charge on any atom is 4.00 e. The number of carbonyl (C=O) groups excluding carboxylic acids is 1. The van der Waals surface area contributed by atoms with Crippen LogP contribution in [0.5, 0.6) is 0 Å². The molecule has 0 saturated carbocycles. The summed E-state index contributed by atoms with van der Waals surface area (Å²) >= 11 is 0. The first-order chi connectivity index (χ1) is 1.73. The Morgan fingerprint density at radius 3 is 1.33 bits per heavy atom. The molecule has 0 unspecified atom stereocenters. The van der Waals surface area contributed by atoms with Crippen LogP contribution in [0.2, 0.25) is 0 Å². The molecule has 3 nitrogen and oxygen atoms in total. The molecular formula is CKMoO3+3. The fourth-order valence-corrected chi connectivity index (χ4v) is 0. The number of carboxylic acid groups (broad SMARTS) is 2. The summed E-state index contributed by atoms with van der Waals surface area (Å²) in [6, 6.07) is 0. The predicted molar refractivity (Wildman–Crippen MR) is 5.40 cm³/mol. The molecule has 0 radical (unpaired) electrons. The molecule has 0 aromatic rings. The van der Waals surface area contributed by atoms with Gasteiger partial charge in [-0.3, -0.25) is 0 Å². The Labute approximate surface area is 91.8 Å². The van der Waals surface area contributed by atoms with Crippen molar-refractivity contribution in [3.63, 3.8) is 0 Å². The quantitative estimate of drug-likeness (QED) is 0.362. The molecule has 5 heteroatoms. The van der Waals surface area contributed by atoms with Crippen molar-refractivity contribution in [2.75, 3.05) is 0 Å². The van der Waals surface area contributed by atoms with Crippen LogP contribution >= 0.6 is 0 Å². The molecule has 0 aromatic heterocycles. The molecule has 0 fully saturated rings. The van der Waals surface area contributed by atoms with Crippen molar-refractivity contribution in [1.29, 1.82) is 0 Å². The smallest absolute Gasteiger partial charge is 0.652 e. The average Bonchev–Trinajstić information content (AvgIpc) is 0.811. The van der Waals surface area contributed by atoms with Crippen LogP contribution in [0.3, 0.4) is 0 Å². The summed E-state index contributed by atoms with van der Waals surface area (Å²) in [5.41, 5.74) is 0. The summed E-state index contributed by atoms with van der Waals surface area (Å²) in [6.45, 7) is 0. The van der Waals surface area contributed by atoms with Crippen LogP contribution in [0.15, 0.2) is 0 Å². The number of carbonyl (C=O) groups is 1. The first-order valence-electron chi connectivity index (χ1n) is 0.612. The molecule has 6 heavy (non-hydrogen) atoms. The number of hydrogen-bond acceptors (Lipinski definition) is 3. The van der Waals surface area contributed by atoms with Gasteiger partial charge in [-0.25, -0.2) is 0 Å². The third-order valence-electron chi connectivity index (χ3n) is 0. The maximum atomic E-state index is 8.33. The first kappa shape index (κ1) is 15.6. The third-order valence-corrected chi connectivity index (χ3v) is 0. The van der Waals surface area contributed by atoms with Gasteiger partial charge in [0.05, 0.1) is 0 Å². The molecule has 0 N–H and O–H groups in total. The Hall–Kier alpha value is 1.59. The molecule has 0 atom stereocenters. The van der Waals surface area contributed by atoms with Gasteiger partial charge in [0.2, 0.25) is 0 Å². The van der Waals surface area contributed by atoms with Crippen molar-refractivity contribution in [3.8, 4) is 0 Å². The van der Waals surface area contributed by atoms with Crippen molar-refractivity contribution >= 4 is 6.16 Å². The molecule has 0 bridgehead atoms. The maximum absolute atomic E-state index is 8.33. The summed E-state index contributed by atoms with van der Waals surface area (Å²) in [5.74, 6) is 0.